The van der Waals surface area contributed by atoms with Crippen LogP contribution in [0.25, 0.3) is 22.5 Å². The number of amides is 1. The first-order valence-corrected chi connectivity index (χ1v) is 9.64. The summed E-state index contributed by atoms with van der Waals surface area (Å²) in [6.07, 6.45) is 4.59. The Kier molecular flexibility index (Phi) is 5.11. The number of rotatable bonds is 7. The molecule has 0 unspecified atom stereocenters. The van der Waals surface area contributed by atoms with E-state index in [0.717, 1.165) is 25.2 Å². The zero-order valence-corrected chi connectivity index (χ0v) is 16.7. The molecule has 0 saturated heterocycles. The van der Waals surface area contributed by atoms with Crippen LogP contribution in [-0.2, 0) is 13.1 Å². The molecule has 9 heteroatoms. The maximum atomic E-state index is 12.9. The van der Waals surface area contributed by atoms with Crippen LogP contribution in [0.5, 0.6) is 0 Å². The van der Waals surface area contributed by atoms with Gasteiger partial charge in [-0.2, -0.15) is 10.2 Å². The van der Waals surface area contributed by atoms with Crippen molar-refractivity contribution in [2.75, 3.05) is 6.54 Å². The maximum Gasteiger partial charge on any atom is 0.259 e. The number of fused-ring (bicyclic) bond motifs is 1. The summed E-state index contributed by atoms with van der Waals surface area (Å²) in [4.78, 5) is 17.4. The summed E-state index contributed by atoms with van der Waals surface area (Å²) in [5, 5.41) is 16.4. The highest BCUT2D eigenvalue weighted by Crippen LogP contribution is 2.26. The predicted molar refractivity (Wildman–Crippen MR) is 107 cm³/mol. The molecule has 1 amide bonds. The third-order valence-electron chi connectivity index (χ3n) is 4.71. The molecule has 9 nitrogen and oxygen atoms in total. The van der Waals surface area contributed by atoms with E-state index in [1.165, 1.54) is 0 Å². The largest absolute Gasteiger partial charge is 0.352 e. The van der Waals surface area contributed by atoms with Crippen molar-refractivity contribution in [2.24, 2.45) is 0 Å². The smallest absolute Gasteiger partial charge is 0.259 e. The fourth-order valence-corrected chi connectivity index (χ4v) is 3.21. The van der Waals surface area contributed by atoms with E-state index in [9.17, 15) is 4.79 Å². The van der Waals surface area contributed by atoms with Gasteiger partial charge < -0.3 is 9.84 Å². The molecular weight excluding hydrogens is 370 g/mol. The van der Waals surface area contributed by atoms with Crippen molar-refractivity contribution in [1.29, 1.82) is 0 Å². The molecule has 0 bridgehead atoms. The molecule has 4 rings (SSSR count). The average Bonchev–Trinajstić information content (AvgIpc) is 3.45. The van der Waals surface area contributed by atoms with Gasteiger partial charge in [-0.15, -0.1) is 0 Å². The number of hydrogen-bond donors (Lipinski definition) is 1. The van der Waals surface area contributed by atoms with E-state index in [-0.39, 0.29) is 5.91 Å². The highest BCUT2D eigenvalue weighted by atomic mass is 16.5. The Morgan fingerprint density at radius 1 is 1.14 bits per heavy atom. The summed E-state index contributed by atoms with van der Waals surface area (Å²) < 4.78 is 9.02. The van der Waals surface area contributed by atoms with Crippen LogP contribution in [0.2, 0.25) is 0 Å². The van der Waals surface area contributed by atoms with Crippen LogP contribution < -0.4 is 5.32 Å². The first-order chi connectivity index (χ1) is 14.0. The zero-order valence-electron chi connectivity index (χ0n) is 16.7. The molecule has 0 atom stereocenters. The van der Waals surface area contributed by atoms with Crippen molar-refractivity contribution in [3.8, 4) is 11.4 Å². The van der Waals surface area contributed by atoms with Crippen LogP contribution >= 0.6 is 0 Å². The van der Waals surface area contributed by atoms with E-state index in [1.807, 2.05) is 47.7 Å². The van der Waals surface area contributed by atoms with Crippen molar-refractivity contribution >= 4 is 17.0 Å². The molecule has 0 spiro atoms. The van der Waals surface area contributed by atoms with Crippen LogP contribution in [0, 0.1) is 13.8 Å². The second-order valence-electron chi connectivity index (χ2n) is 6.89. The van der Waals surface area contributed by atoms with Crippen molar-refractivity contribution in [1.82, 2.24) is 35.0 Å². The molecule has 29 heavy (non-hydrogen) atoms. The lowest BCUT2D eigenvalue weighted by atomic mass is 10.1. The van der Waals surface area contributed by atoms with Crippen LogP contribution in [-0.4, -0.2) is 42.2 Å². The van der Waals surface area contributed by atoms with Crippen LogP contribution in [0.3, 0.4) is 0 Å². The SMILES string of the molecule is CCn1ccc(-c2cc(C(=O)NCCCn3ccc(C)n3)c3c(C)noc3n2)n1. The van der Waals surface area contributed by atoms with Crippen LogP contribution in [0.4, 0.5) is 0 Å². The van der Waals surface area contributed by atoms with Gasteiger partial charge in [0.05, 0.1) is 28.0 Å². The van der Waals surface area contributed by atoms with Crippen molar-refractivity contribution in [3.05, 3.63) is 47.5 Å². The number of carbonyl (C=O) groups excluding carboxylic acids is 1. The minimum atomic E-state index is -0.184. The first kappa shape index (κ1) is 18.9. The molecule has 4 heterocycles. The van der Waals surface area contributed by atoms with Gasteiger partial charge in [0.1, 0.15) is 5.69 Å². The normalized spacial score (nSPS) is 11.3. The van der Waals surface area contributed by atoms with Gasteiger partial charge in [-0.3, -0.25) is 14.2 Å². The molecule has 1 N–H and O–H groups in total. The third kappa shape index (κ3) is 3.89. The number of nitrogens with one attached hydrogen (secondary N) is 1. The Labute approximate surface area is 167 Å². The number of carbonyl (C=O) groups is 1. The lowest BCUT2D eigenvalue weighted by molar-refractivity contribution is 0.0954. The number of nitrogens with zero attached hydrogens (tertiary/aromatic N) is 6. The summed E-state index contributed by atoms with van der Waals surface area (Å²) in [5.41, 5.74) is 3.71. The lowest BCUT2D eigenvalue weighted by Crippen LogP contribution is -2.25. The molecule has 0 aliphatic carbocycles. The number of pyridine rings is 1. The van der Waals surface area contributed by atoms with Crippen LogP contribution in [0.1, 0.15) is 35.1 Å². The Hall–Kier alpha value is -3.49. The summed E-state index contributed by atoms with van der Waals surface area (Å²) in [6.45, 7) is 7.80. The minimum absolute atomic E-state index is 0.184. The minimum Gasteiger partial charge on any atom is -0.352 e. The molecule has 0 aliphatic heterocycles. The quantitative estimate of drug-likeness (QED) is 0.484. The van der Waals surface area contributed by atoms with E-state index < -0.39 is 0 Å². The lowest BCUT2D eigenvalue weighted by Gasteiger charge is -2.08. The van der Waals surface area contributed by atoms with Gasteiger partial charge in [0.15, 0.2) is 0 Å². The molecule has 4 aromatic rings. The van der Waals surface area contributed by atoms with E-state index in [0.29, 0.717) is 40.3 Å². The van der Waals surface area contributed by atoms with Gasteiger partial charge >= 0.3 is 0 Å². The van der Waals surface area contributed by atoms with E-state index in [2.05, 4.69) is 25.7 Å². The molecule has 4 aromatic heterocycles. The molecule has 0 radical (unpaired) electrons. The number of hydrogen-bond acceptors (Lipinski definition) is 6. The highest BCUT2D eigenvalue weighted by molar-refractivity contribution is 6.06. The predicted octanol–water partition coefficient (Wildman–Crippen LogP) is 2.74. The van der Waals surface area contributed by atoms with Gasteiger partial charge in [-0.05, 0) is 45.4 Å². The summed E-state index contributed by atoms with van der Waals surface area (Å²) in [6, 6.07) is 5.58. The molecular formula is C20H23N7O2. The summed E-state index contributed by atoms with van der Waals surface area (Å²) >= 11 is 0. The van der Waals surface area contributed by atoms with E-state index in [4.69, 9.17) is 4.52 Å². The molecule has 0 fully saturated rings. The molecule has 0 saturated carbocycles. The van der Waals surface area contributed by atoms with Crippen molar-refractivity contribution in [3.63, 3.8) is 0 Å². The number of aromatic nitrogens is 6. The summed E-state index contributed by atoms with van der Waals surface area (Å²) in [7, 11) is 0. The Balaban J connectivity index is 1.54. The highest BCUT2D eigenvalue weighted by Gasteiger charge is 2.20. The fraction of sp³-hybridized carbons (Fsp3) is 0.350. The van der Waals surface area contributed by atoms with Crippen LogP contribution in [0.15, 0.2) is 35.1 Å². The standard InChI is InChI=1S/C20H23N7O2/c1-4-26-11-7-16(24-26)17-12-15(18-14(3)25-29-20(18)22-17)19(28)21-8-5-9-27-10-6-13(2)23-27/h6-7,10-12H,4-5,8-9H2,1-3H3,(H,21,28). The zero-order chi connectivity index (χ0) is 20.4. The van der Waals surface area contributed by atoms with Gasteiger partial charge in [0.25, 0.3) is 11.6 Å². The van der Waals surface area contributed by atoms with Gasteiger partial charge in [-0.25, -0.2) is 4.98 Å². The second-order valence-corrected chi connectivity index (χ2v) is 6.89. The van der Waals surface area contributed by atoms with Crippen molar-refractivity contribution in [2.45, 2.75) is 40.3 Å². The molecule has 0 aliphatic rings. The van der Waals surface area contributed by atoms with E-state index >= 15 is 0 Å². The Morgan fingerprint density at radius 2 is 1.97 bits per heavy atom. The second kappa shape index (κ2) is 7.86. The van der Waals surface area contributed by atoms with Gasteiger partial charge in [-0.1, -0.05) is 5.16 Å². The fourth-order valence-electron chi connectivity index (χ4n) is 3.21. The number of aryl methyl sites for hydroxylation is 4. The van der Waals surface area contributed by atoms with E-state index in [1.54, 1.807) is 13.0 Å². The van der Waals surface area contributed by atoms with Gasteiger partial charge in [0.2, 0.25) is 0 Å². The Morgan fingerprint density at radius 3 is 2.69 bits per heavy atom. The first-order valence-electron chi connectivity index (χ1n) is 9.64. The molecule has 0 aromatic carbocycles. The maximum absolute atomic E-state index is 12.9. The summed E-state index contributed by atoms with van der Waals surface area (Å²) in [5.74, 6) is -0.184. The third-order valence-corrected chi connectivity index (χ3v) is 4.71. The Bertz CT molecular complexity index is 1150. The topological polar surface area (TPSA) is 104 Å². The van der Waals surface area contributed by atoms with Gasteiger partial charge in [0, 0.05) is 32.0 Å². The molecule has 150 valence electrons. The average molecular weight is 393 g/mol. The van der Waals surface area contributed by atoms with Crippen molar-refractivity contribution < 1.29 is 9.32 Å². The monoisotopic (exact) mass is 393 g/mol.